The summed E-state index contributed by atoms with van der Waals surface area (Å²) in [6.07, 6.45) is 1.27. The molecule has 2 aliphatic rings. The number of nitrogens with zero attached hydrogens (tertiary/aromatic N) is 2. The molecule has 3 rings (SSSR count). The van der Waals surface area contributed by atoms with Gasteiger partial charge < -0.3 is 15.3 Å². The van der Waals surface area contributed by atoms with Gasteiger partial charge in [0.2, 0.25) is 0 Å². The largest absolute Gasteiger partial charge is 0.480 e. The van der Waals surface area contributed by atoms with E-state index in [1.54, 1.807) is 4.90 Å². The Morgan fingerprint density at radius 3 is 2.81 bits per heavy atom. The summed E-state index contributed by atoms with van der Waals surface area (Å²) in [5.41, 5.74) is 1.65. The number of carboxylic acid groups (broad SMARTS) is 1. The normalized spacial score (nSPS) is 21.8. The Morgan fingerprint density at radius 2 is 2.00 bits per heavy atom. The Balaban J connectivity index is 1.89. The molecule has 112 valence electrons. The van der Waals surface area contributed by atoms with Gasteiger partial charge >= 0.3 is 12.0 Å². The Hall–Kier alpha value is -2.08. The Kier molecular flexibility index (Phi) is 3.79. The minimum Gasteiger partial charge on any atom is -0.480 e. The number of carbonyl (C=O) groups excluding carboxylic acids is 1. The molecule has 6 heteroatoms. The van der Waals surface area contributed by atoms with E-state index in [4.69, 9.17) is 0 Å². The number of anilines is 1. The van der Waals surface area contributed by atoms with Crippen LogP contribution in [0.3, 0.4) is 0 Å². The number of para-hydroxylation sites is 1. The molecule has 2 amide bonds. The number of amides is 2. The molecule has 0 bridgehead atoms. The molecular weight excluding hydrogens is 270 g/mol. The predicted octanol–water partition coefficient (Wildman–Crippen LogP) is 0.918. The molecule has 2 N–H and O–H groups in total. The molecule has 1 saturated heterocycles. The average Bonchev–Trinajstić information content (AvgIpc) is 2.67. The van der Waals surface area contributed by atoms with Gasteiger partial charge in [0.05, 0.1) is 0 Å². The van der Waals surface area contributed by atoms with E-state index >= 15 is 0 Å². The lowest BCUT2D eigenvalue weighted by Crippen LogP contribution is -2.50. The van der Waals surface area contributed by atoms with Gasteiger partial charge in [0, 0.05) is 31.7 Å². The summed E-state index contributed by atoms with van der Waals surface area (Å²) in [4.78, 5) is 27.5. The summed E-state index contributed by atoms with van der Waals surface area (Å²) < 4.78 is 0. The summed E-state index contributed by atoms with van der Waals surface area (Å²) in [6, 6.07) is 6.44. The SMILES string of the molecule is O=C(O)C1Cc2ccccc2N1C(=O)N1CCCNCC1. The smallest absolute Gasteiger partial charge is 0.327 e. The zero-order valence-corrected chi connectivity index (χ0v) is 11.8. The molecule has 0 aliphatic carbocycles. The maximum atomic E-state index is 12.8. The van der Waals surface area contributed by atoms with Crippen LogP contribution in [0.5, 0.6) is 0 Å². The van der Waals surface area contributed by atoms with Gasteiger partial charge in [-0.05, 0) is 24.6 Å². The van der Waals surface area contributed by atoms with Crippen LogP contribution >= 0.6 is 0 Å². The highest BCUT2D eigenvalue weighted by Gasteiger charge is 2.40. The monoisotopic (exact) mass is 289 g/mol. The molecule has 6 nitrogen and oxygen atoms in total. The molecule has 1 fully saturated rings. The van der Waals surface area contributed by atoms with E-state index in [2.05, 4.69) is 5.32 Å². The van der Waals surface area contributed by atoms with Crippen LogP contribution < -0.4 is 10.2 Å². The minimum atomic E-state index is -0.951. The van der Waals surface area contributed by atoms with Gasteiger partial charge in [0.15, 0.2) is 0 Å². The molecule has 1 atom stereocenters. The van der Waals surface area contributed by atoms with Crippen molar-refractivity contribution >= 4 is 17.7 Å². The van der Waals surface area contributed by atoms with Crippen LogP contribution in [0.15, 0.2) is 24.3 Å². The zero-order chi connectivity index (χ0) is 14.8. The second-order valence-electron chi connectivity index (χ2n) is 5.43. The third-order valence-electron chi connectivity index (χ3n) is 4.08. The van der Waals surface area contributed by atoms with Gasteiger partial charge in [0.25, 0.3) is 0 Å². The zero-order valence-electron chi connectivity index (χ0n) is 11.8. The van der Waals surface area contributed by atoms with Crippen LogP contribution in [0.1, 0.15) is 12.0 Å². The molecule has 2 heterocycles. The molecule has 1 unspecified atom stereocenters. The van der Waals surface area contributed by atoms with E-state index in [1.165, 1.54) is 4.90 Å². The number of nitrogens with one attached hydrogen (secondary N) is 1. The fourth-order valence-corrected chi connectivity index (χ4v) is 3.01. The van der Waals surface area contributed by atoms with Crippen molar-refractivity contribution in [3.63, 3.8) is 0 Å². The van der Waals surface area contributed by atoms with E-state index in [9.17, 15) is 14.7 Å². The van der Waals surface area contributed by atoms with Crippen molar-refractivity contribution in [2.45, 2.75) is 18.9 Å². The lowest BCUT2D eigenvalue weighted by molar-refractivity contribution is -0.138. The fraction of sp³-hybridized carbons (Fsp3) is 0.467. The van der Waals surface area contributed by atoms with Crippen LogP contribution in [0.25, 0.3) is 0 Å². The summed E-state index contributed by atoms with van der Waals surface area (Å²) in [7, 11) is 0. The van der Waals surface area contributed by atoms with Crippen molar-refractivity contribution in [1.82, 2.24) is 10.2 Å². The van der Waals surface area contributed by atoms with Crippen molar-refractivity contribution in [2.24, 2.45) is 0 Å². The number of rotatable bonds is 1. The first-order valence-electron chi connectivity index (χ1n) is 7.28. The molecule has 1 aromatic rings. The second-order valence-corrected chi connectivity index (χ2v) is 5.43. The first-order valence-corrected chi connectivity index (χ1v) is 7.28. The van der Waals surface area contributed by atoms with Gasteiger partial charge in [-0.3, -0.25) is 4.90 Å². The summed E-state index contributed by atoms with van der Waals surface area (Å²) in [5, 5.41) is 12.7. The molecule has 0 saturated carbocycles. The highest BCUT2D eigenvalue weighted by molar-refractivity contribution is 6.01. The highest BCUT2D eigenvalue weighted by atomic mass is 16.4. The third kappa shape index (κ3) is 2.58. The predicted molar refractivity (Wildman–Crippen MR) is 78.5 cm³/mol. The third-order valence-corrected chi connectivity index (χ3v) is 4.08. The maximum absolute atomic E-state index is 12.8. The van der Waals surface area contributed by atoms with E-state index < -0.39 is 12.0 Å². The number of hydrogen-bond acceptors (Lipinski definition) is 3. The molecule has 2 aliphatic heterocycles. The number of benzene rings is 1. The molecule has 0 radical (unpaired) electrons. The quantitative estimate of drug-likeness (QED) is 0.806. The van der Waals surface area contributed by atoms with Crippen LogP contribution in [0.4, 0.5) is 10.5 Å². The summed E-state index contributed by atoms with van der Waals surface area (Å²) in [6.45, 7) is 2.92. The van der Waals surface area contributed by atoms with Gasteiger partial charge in [-0.15, -0.1) is 0 Å². The van der Waals surface area contributed by atoms with Crippen LogP contribution in [-0.2, 0) is 11.2 Å². The van der Waals surface area contributed by atoms with Gasteiger partial charge in [-0.2, -0.15) is 0 Å². The first kappa shape index (κ1) is 13.9. The molecule has 21 heavy (non-hydrogen) atoms. The second kappa shape index (κ2) is 5.73. The van der Waals surface area contributed by atoms with Crippen LogP contribution in [0.2, 0.25) is 0 Å². The number of aliphatic carboxylic acids is 1. The lowest BCUT2D eigenvalue weighted by Gasteiger charge is -2.29. The van der Waals surface area contributed by atoms with Gasteiger partial charge in [-0.1, -0.05) is 18.2 Å². The van der Waals surface area contributed by atoms with Gasteiger partial charge in [-0.25, -0.2) is 9.59 Å². The molecular formula is C15H19N3O3. The van der Waals surface area contributed by atoms with E-state index in [0.717, 1.165) is 30.8 Å². The number of carboxylic acids is 1. The van der Waals surface area contributed by atoms with E-state index in [0.29, 0.717) is 19.5 Å². The first-order chi connectivity index (χ1) is 10.2. The Labute approximate surface area is 123 Å². The number of urea groups is 1. The average molecular weight is 289 g/mol. The number of fused-ring (bicyclic) bond motifs is 1. The van der Waals surface area contributed by atoms with Crippen molar-refractivity contribution in [3.05, 3.63) is 29.8 Å². The van der Waals surface area contributed by atoms with Crippen molar-refractivity contribution < 1.29 is 14.7 Å². The molecule has 0 spiro atoms. The Morgan fingerprint density at radius 1 is 1.19 bits per heavy atom. The van der Waals surface area contributed by atoms with Crippen molar-refractivity contribution in [3.8, 4) is 0 Å². The Bertz CT molecular complexity index is 553. The van der Waals surface area contributed by atoms with E-state index in [1.807, 2.05) is 24.3 Å². The summed E-state index contributed by atoms with van der Waals surface area (Å²) in [5.74, 6) is -0.951. The van der Waals surface area contributed by atoms with E-state index in [-0.39, 0.29) is 6.03 Å². The highest BCUT2D eigenvalue weighted by Crippen LogP contribution is 2.33. The minimum absolute atomic E-state index is 0.198. The molecule has 1 aromatic carbocycles. The van der Waals surface area contributed by atoms with Gasteiger partial charge in [0.1, 0.15) is 6.04 Å². The summed E-state index contributed by atoms with van der Waals surface area (Å²) >= 11 is 0. The molecule has 0 aromatic heterocycles. The lowest BCUT2D eigenvalue weighted by atomic mass is 10.1. The van der Waals surface area contributed by atoms with Crippen molar-refractivity contribution in [2.75, 3.05) is 31.1 Å². The maximum Gasteiger partial charge on any atom is 0.327 e. The fourth-order valence-electron chi connectivity index (χ4n) is 3.01. The topological polar surface area (TPSA) is 72.9 Å². The standard InChI is InChI=1S/C15H19N3O3/c19-14(20)13-10-11-4-1-2-5-12(11)18(13)15(21)17-8-3-6-16-7-9-17/h1-2,4-5,13,16H,3,6-10H2,(H,19,20). The van der Waals surface area contributed by atoms with Crippen LogP contribution in [-0.4, -0.2) is 54.2 Å². The number of carbonyl (C=O) groups is 2. The van der Waals surface area contributed by atoms with Crippen molar-refractivity contribution in [1.29, 1.82) is 0 Å². The van der Waals surface area contributed by atoms with Crippen LogP contribution in [0, 0.1) is 0 Å². The number of hydrogen-bond donors (Lipinski definition) is 2.